The molecule has 102 valence electrons. The lowest BCUT2D eigenvalue weighted by molar-refractivity contribution is -0.145. The van der Waals surface area contributed by atoms with Crippen LogP contribution in [0.4, 0.5) is 13.2 Å². The van der Waals surface area contributed by atoms with Crippen molar-refractivity contribution in [1.82, 2.24) is 9.97 Å². The van der Waals surface area contributed by atoms with Gasteiger partial charge in [-0.1, -0.05) is 39.5 Å². The summed E-state index contributed by atoms with van der Waals surface area (Å²) in [7, 11) is 0. The van der Waals surface area contributed by atoms with Gasteiger partial charge in [0.25, 0.3) is 0 Å². The van der Waals surface area contributed by atoms with E-state index in [0.29, 0.717) is 5.92 Å². The SMILES string of the molecule is CCCC(CCC)Cc1cnc(C(F)(F)F)nc1. The Morgan fingerprint density at radius 1 is 1.06 bits per heavy atom. The van der Waals surface area contributed by atoms with Crippen molar-refractivity contribution in [3.8, 4) is 0 Å². The molecule has 1 aromatic rings. The number of hydrogen-bond acceptors (Lipinski definition) is 2. The summed E-state index contributed by atoms with van der Waals surface area (Å²) in [5.41, 5.74) is 0.787. The van der Waals surface area contributed by atoms with Crippen molar-refractivity contribution in [1.29, 1.82) is 0 Å². The Balaban J connectivity index is 2.67. The van der Waals surface area contributed by atoms with E-state index in [-0.39, 0.29) is 0 Å². The molecule has 0 unspecified atom stereocenters. The number of hydrogen-bond donors (Lipinski definition) is 0. The monoisotopic (exact) mass is 260 g/mol. The van der Waals surface area contributed by atoms with Gasteiger partial charge in [0.05, 0.1) is 0 Å². The maximum absolute atomic E-state index is 12.3. The molecule has 0 amide bonds. The summed E-state index contributed by atoms with van der Waals surface area (Å²) in [6.45, 7) is 4.23. The molecular weight excluding hydrogens is 241 g/mol. The van der Waals surface area contributed by atoms with E-state index in [1.165, 1.54) is 12.4 Å². The van der Waals surface area contributed by atoms with Crippen LogP contribution in [-0.4, -0.2) is 9.97 Å². The second kappa shape index (κ2) is 6.71. The minimum absolute atomic E-state index is 0.514. The van der Waals surface area contributed by atoms with Gasteiger partial charge >= 0.3 is 6.18 Å². The highest BCUT2D eigenvalue weighted by atomic mass is 19.4. The van der Waals surface area contributed by atoms with E-state index >= 15 is 0 Å². The fourth-order valence-electron chi connectivity index (χ4n) is 2.10. The Kier molecular flexibility index (Phi) is 5.56. The van der Waals surface area contributed by atoms with E-state index in [4.69, 9.17) is 0 Å². The van der Waals surface area contributed by atoms with Crippen molar-refractivity contribution >= 4 is 0 Å². The van der Waals surface area contributed by atoms with Crippen LogP contribution in [0.1, 0.15) is 50.9 Å². The number of nitrogens with zero attached hydrogens (tertiary/aromatic N) is 2. The molecule has 18 heavy (non-hydrogen) atoms. The van der Waals surface area contributed by atoms with Crippen LogP contribution in [0.2, 0.25) is 0 Å². The van der Waals surface area contributed by atoms with Crippen LogP contribution < -0.4 is 0 Å². The first-order valence-electron chi connectivity index (χ1n) is 6.35. The Morgan fingerprint density at radius 2 is 1.56 bits per heavy atom. The van der Waals surface area contributed by atoms with Crippen LogP contribution in [0.15, 0.2) is 12.4 Å². The van der Waals surface area contributed by atoms with Crippen LogP contribution in [0, 0.1) is 5.92 Å². The zero-order valence-electron chi connectivity index (χ0n) is 10.8. The molecule has 5 heteroatoms. The van der Waals surface area contributed by atoms with E-state index < -0.39 is 12.0 Å². The maximum Gasteiger partial charge on any atom is 0.451 e. The zero-order valence-corrected chi connectivity index (χ0v) is 10.8. The zero-order chi connectivity index (χ0) is 13.6. The smallest absolute Gasteiger partial charge is 0.233 e. The predicted octanol–water partition coefficient (Wildman–Crippen LogP) is 4.25. The minimum Gasteiger partial charge on any atom is -0.233 e. The normalized spacial score (nSPS) is 12.1. The van der Waals surface area contributed by atoms with Crippen LogP contribution in [-0.2, 0) is 12.6 Å². The van der Waals surface area contributed by atoms with Crippen LogP contribution in [0.3, 0.4) is 0 Å². The molecule has 0 aromatic carbocycles. The first kappa shape index (κ1) is 14.9. The van der Waals surface area contributed by atoms with Gasteiger partial charge in [-0.15, -0.1) is 0 Å². The van der Waals surface area contributed by atoms with Crippen molar-refractivity contribution in [2.45, 2.75) is 52.1 Å². The van der Waals surface area contributed by atoms with Crippen LogP contribution in [0.25, 0.3) is 0 Å². The molecule has 0 spiro atoms. The molecule has 0 bridgehead atoms. The quantitative estimate of drug-likeness (QED) is 0.764. The van der Waals surface area contributed by atoms with Crippen LogP contribution in [0.5, 0.6) is 0 Å². The Morgan fingerprint density at radius 3 is 1.94 bits per heavy atom. The van der Waals surface area contributed by atoms with Gasteiger partial charge in [-0.3, -0.25) is 0 Å². The predicted molar refractivity (Wildman–Crippen MR) is 64.0 cm³/mol. The molecule has 1 heterocycles. The van der Waals surface area contributed by atoms with Crippen molar-refractivity contribution in [2.75, 3.05) is 0 Å². The third-order valence-electron chi connectivity index (χ3n) is 2.88. The van der Waals surface area contributed by atoms with Crippen molar-refractivity contribution in [2.24, 2.45) is 5.92 Å². The third kappa shape index (κ3) is 4.63. The Labute approximate surface area is 106 Å². The fourth-order valence-corrected chi connectivity index (χ4v) is 2.10. The largest absolute Gasteiger partial charge is 0.451 e. The van der Waals surface area contributed by atoms with Crippen molar-refractivity contribution in [3.05, 3.63) is 23.8 Å². The summed E-state index contributed by atoms with van der Waals surface area (Å²) < 4.78 is 36.9. The molecule has 0 aliphatic heterocycles. The lowest BCUT2D eigenvalue weighted by Gasteiger charge is -2.15. The molecule has 0 atom stereocenters. The Bertz CT molecular complexity index is 340. The molecule has 0 aliphatic rings. The molecule has 1 aromatic heterocycles. The summed E-state index contributed by atoms with van der Waals surface area (Å²) in [6.07, 6.45) is 3.27. The maximum atomic E-state index is 12.3. The molecule has 0 N–H and O–H groups in total. The molecule has 0 fully saturated rings. The molecule has 0 aliphatic carbocycles. The highest BCUT2D eigenvalue weighted by molar-refractivity contribution is 5.07. The lowest BCUT2D eigenvalue weighted by atomic mass is 9.92. The van der Waals surface area contributed by atoms with Gasteiger partial charge in [-0.25, -0.2) is 9.97 Å². The molecule has 2 nitrogen and oxygen atoms in total. The van der Waals surface area contributed by atoms with Gasteiger partial charge in [-0.05, 0) is 17.9 Å². The first-order chi connectivity index (χ1) is 8.47. The molecule has 0 saturated heterocycles. The van der Waals surface area contributed by atoms with E-state index in [9.17, 15) is 13.2 Å². The minimum atomic E-state index is -4.45. The van der Waals surface area contributed by atoms with Gasteiger partial charge in [0.15, 0.2) is 0 Å². The number of aromatic nitrogens is 2. The number of halogens is 3. The van der Waals surface area contributed by atoms with Gasteiger partial charge < -0.3 is 0 Å². The molecular formula is C13H19F3N2. The van der Waals surface area contributed by atoms with Crippen LogP contribution >= 0.6 is 0 Å². The van der Waals surface area contributed by atoms with E-state index in [1.54, 1.807) is 0 Å². The second-order valence-electron chi connectivity index (χ2n) is 4.56. The highest BCUT2D eigenvalue weighted by Gasteiger charge is 2.34. The third-order valence-corrected chi connectivity index (χ3v) is 2.88. The summed E-state index contributed by atoms with van der Waals surface area (Å²) in [6, 6.07) is 0. The first-order valence-corrected chi connectivity index (χ1v) is 6.35. The van der Waals surface area contributed by atoms with Crippen molar-refractivity contribution in [3.63, 3.8) is 0 Å². The topological polar surface area (TPSA) is 25.8 Å². The molecule has 1 rings (SSSR count). The second-order valence-corrected chi connectivity index (χ2v) is 4.56. The fraction of sp³-hybridized carbons (Fsp3) is 0.692. The number of alkyl halides is 3. The van der Waals surface area contributed by atoms with Crippen molar-refractivity contribution < 1.29 is 13.2 Å². The molecule has 0 radical (unpaired) electrons. The van der Waals surface area contributed by atoms with E-state index in [0.717, 1.165) is 37.7 Å². The lowest BCUT2D eigenvalue weighted by Crippen LogP contribution is -2.12. The van der Waals surface area contributed by atoms with Gasteiger partial charge in [-0.2, -0.15) is 13.2 Å². The summed E-state index contributed by atoms with van der Waals surface area (Å²) in [5.74, 6) is -0.547. The standard InChI is InChI=1S/C13H19F3N2/c1-3-5-10(6-4-2)7-11-8-17-12(18-9-11)13(14,15)16/h8-10H,3-7H2,1-2H3. The summed E-state index contributed by atoms with van der Waals surface area (Å²) in [5, 5.41) is 0. The van der Waals surface area contributed by atoms with Gasteiger partial charge in [0.1, 0.15) is 0 Å². The molecule has 0 saturated carbocycles. The average molecular weight is 260 g/mol. The Hall–Kier alpha value is -1.13. The van der Waals surface area contributed by atoms with E-state index in [2.05, 4.69) is 23.8 Å². The number of rotatable bonds is 6. The van der Waals surface area contributed by atoms with E-state index in [1.807, 2.05) is 0 Å². The summed E-state index contributed by atoms with van der Waals surface area (Å²) in [4.78, 5) is 6.77. The van der Waals surface area contributed by atoms with Gasteiger partial charge in [0, 0.05) is 12.4 Å². The average Bonchev–Trinajstić information content (AvgIpc) is 2.29. The highest BCUT2D eigenvalue weighted by Crippen LogP contribution is 2.26. The van der Waals surface area contributed by atoms with Gasteiger partial charge in [0.2, 0.25) is 5.82 Å². The summed E-state index contributed by atoms with van der Waals surface area (Å²) >= 11 is 0.